The molecule has 0 bridgehead atoms. The third-order valence-electron chi connectivity index (χ3n) is 3.95. The highest BCUT2D eigenvalue weighted by atomic mass is 32.1. The summed E-state index contributed by atoms with van der Waals surface area (Å²) in [5, 5.41) is 4.52. The van der Waals surface area contributed by atoms with Crippen molar-refractivity contribution >= 4 is 23.2 Å². The van der Waals surface area contributed by atoms with E-state index in [0.717, 1.165) is 11.1 Å². The van der Waals surface area contributed by atoms with Crippen molar-refractivity contribution in [1.29, 1.82) is 0 Å². The molecule has 138 valence electrons. The molecule has 1 N–H and O–H groups in total. The maximum atomic E-state index is 13.0. The van der Waals surface area contributed by atoms with Gasteiger partial charge in [-0.1, -0.05) is 48.0 Å². The number of hydrogen-bond acceptors (Lipinski definition) is 4. The zero-order chi connectivity index (χ0) is 19.2. The average Bonchev–Trinajstić information content (AvgIpc) is 3.21. The van der Waals surface area contributed by atoms with Crippen LogP contribution >= 0.6 is 11.3 Å². The van der Waals surface area contributed by atoms with Crippen molar-refractivity contribution < 1.29 is 18.7 Å². The number of aryl methyl sites for hydroxylation is 1. The highest BCUT2D eigenvalue weighted by molar-refractivity contribution is 7.11. The summed E-state index contributed by atoms with van der Waals surface area (Å²) < 4.78 is 18.5. The Labute approximate surface area is 160 Å². The summed E-state index contributed by atoms with van der Waals surface area (Å²) in [6, 6.07) is 16.5. The summed E-state index contributed by atoms with van der Waals surface area (Å²) in [4.78, 5) is 25.5. The number of carbonyl (C=O) groups is 2. The molecule has 27 heavy (non-hydrogen) atoms. The van der Waals surface area contributed by atoms with Crippen LogP contribution in [0.5, 0.6) is 0 Å². The molecule has 3 rings (SSSR count). The Balaban J connectivity index is 1.75. The number of nitrogens with one attached hydrogen (secondary N) is 1. The minimum Gasteiger partial charge on any atom is -0.443 e. The molecule has 1 aromatic heterocycles. The van der Waals surface area contributed by atoms with Crippen LogP contribution in [0.25, 0.3) is 0 Å². The van der Waals surface area contributed by atoms with E-state index in [1.807, 2.05) is 19.1 Å². The van der Waals surface area contributed by atoms with Crippen LogP contribution in [0.2, 0.25) is 0 Å². The van der Waals surface area contributed by atoms with E-state index < -0.39 is 18.0 Å². The molecular formula is C21H18FNO3S. The standard InChI is InChI=1S/C21H18FNO3S/c1-14-4-8-16(9-5-14)19(26-21(25)18-3-2-12-27-18)20(24)23-13-15-6-10-17(22)11-7-15/h2-12,19H,13H2,1H3,(H,23,24)/t19-/m1/s1. The van der Waals surface area contributed by atoms with Crippen molar-refractivity contribution in [1.82, 2.24) is 5.32 Å². The Bertz CT molecular complexity index is 906. The van der Waals surface area contributed by atoms with Gasteiger partial charge in [0.25, 0.3) is 5.91 Å². The van der Waals surface area contributed by atoms with Gasteiger partial charge in [-0.05, 0) is 36.1 Å². The molecule has 1 heterocycles. The lowest BCUT2D eigenvalue weighted by Crippen LogP contribution is -2.31. The number of esters is 1. The van der Waals surface area contributed by atoms with Crippen LogP contribution in [0.4, 0.5) is 4.39 Å². The van der Waals surface area contributed by atoms with Gasteiger partial charge in [0.1, 0.15) is 10.7 Å². The number of rotatable bonds is 6. The Hall–Kier alpha value is -2.99. The fourth-order valence-electron chi connectivity index (χ4n) is 2.46. The fraction of sp³-hybridized carbons (Fsp3) is 0.143. The van der Waals surface area contributed by atoms with Gasteiger partial charge in [-0.3, -0.25) is 4.79 Å². The van der Waals surface area contributed by atoms with Crippen molar-refractivity contribution in [2.45, 2.75) is 19.6 Å². The van der Waals surface area contributed by atoms with Crippen LogP contribution in [-0.4, -0.2) is 11.9 Å². The van der Waals surface area contributed by atoms with Crippen LogP contribution in [0.3, 0.4) is 0 Å². The summed E-state index contributed by atoms with van der Waals surface area (Å²) >= 11 is 1.25. The van der Waals surface area contributed by atoms with Gasteiger partial charge in [-0.2, -0.15) is 0 Å². The average molecular weight is 383 g/mol. The van der Waals surface area contributed by atoms with Crippen LogP contribution in [0, 0.1) is 12.7 Å². The second kappa shape index (κ2) is 8.60. The number of halogens is 1. The van der Waals surface area contributed by atoms with Crippen LogP contribution < -0.4 is 5.32 Å². The molecule has 0 aliphatic carbocycles. The fourth-order valence-corrected chi connectivity index (χ4v) is 3.06. The minimum atomic E-state index is -1.07. The third-order valence-corrected chi connectivity index (χ3v) is 4.80. The molecule has 0 saturated heterocycles. The van der Waals surface area contributed by atoms with E-state index in [0.29, 0.717) is 10.4 Å². The molecular weight excluding hydrogens is 365 g/mol. The first-order chi connectivity index (χ1) is 13.0. The zero-order valence-electron chi connectivity index (χ0n) is 14.6. The zero-order valence-corrected chi connectivity index (χ0v) is 15.5. The molecule has 0 radical (unpaired) electrons. The highest BCUT2D eigenvalue weighted by Gasteiger charge is 2.26. The van der Waals surface area contributed by atoms with Crippen molar-refractivity contribution in [3.63, 3.8) is 0 Å². The lowest BCUT2D eigenvalue weighted by molar-refractivity contribution is -0.130. The molecule has 0 spiro atoms. The number of carbonyl (C=O) groups excluding carboxylic acids is 2. The SMILES string of the molecule is Cc1ccc([C@@H](OC(=O)c2cccs2)C(=O)NCc2ccc(F)cc2)cc1. The number of hydrogen-bond donors (Lipinski definition) is 1. The largest absolute Gasteiger partial charge is 0.443 e. The summed E-state index contributed by atoms with van der Waals surface area (Å²) in [7, 11) is 0. The Morgan fingerprint density at radius 3 is 2.41 bits per heavy atom. The summed E-state index contributed by atoms with van der Waals surface area (Å²) in [6.07, 6.45) is -1.07. The van der Waals surface area contributed by atoms with E-state index in [1.165, 1.54) is 23.5 Å². The molecule has 4 nitrogen and oxygen atoms in total. The number of thiophene rings is 1. The van der Waals surface area contributed by atoms with E-state index >= 15 is 0 Å². The number of ether oxygens (including phenoxy) is 1. The van der Waals surface area contributed by atoms with Gasteiger partial charge in [0.05, 0.1) is 0 Å². The third kappa shape index (κ3) is 5.01. The van der Waals surface area contributed by atoms with E-state index in [1.54, 1.807) is 41.8 Å². The van der Waals surface area contributed by atoms with Crippen molar-refractivity contribution in [3.05, 3.63) is 93.4 Å². The van der Waals surface area contributed by atoms with Crippen LogP contribution in [-0.2, 0) is 16.1 Å². The molecule has 1 atom stereocenters. The Morgan fingerprint density at radius 1 is 1.07 bits per heavy atom. The van der Waals surface area contributed by atoms with Crippen molar-refractivity contribution in [3.8, 4) is 0 Å². The van der Waals surface area contributed by atoms with Gasteiger partial charge in [0, 0.05) is 12.1 Å². The maximum Gasteiger partial charge on any atom is 0.349 e. The Morgan fingerprint density at radius 2 is 1.78 bits per heavy atom. The topological polar surface area (TPSA) is 55.4 Å². The van der Waals surface area contributed by atoms with Gasteiger partial charge in [-0.25, -0.2) is 9.18 Å². The quantitative estimate of drug-likeness (QED) is 0.642. The monoisotopic (exact) mass is 383 g/mol. The van der Waals surface area contributed by atoms with Gasteiger partial charge in [-0.15, -0.1) is 11.3 Å². The van der Waals surface area contributed by atoms with E-state index in [-0.39, 0.29) is 12.4 Å². The van der Waals surface area contributed by atoms with Gasteiger partial charge >= 0.3 is 5.97 Å². The van der Waals surface area contributed by atoms with Crippen molar-refractivity contribution in [2.75, 3.05) is 0 Å². The van der Waals surface area contributed by atoms with Crippen LogP contribution in [0.1, 0.15) is 32.5 Å². The molecule has 0 aliphatic heterocycles. The van der Waals surface area contributed by atoms with Gasteiger partial charge in [0.15, 0.2) is 0 Å². The lowest BCUT2D eigenvalue weighted by Gasteiger charge is -2.18. The van der Waals surface area contributed by atoms with E-state index in [4.69, 9.17) is 4.74 Å². The second-order valence-electron chi connectivity index (χ2n) is 6.02. The molecule has 0 fully saturated rings. The van der Waals surface area contributed by atoms with Gasteiger partial charge in [0.2, 0.25) is 6.10 Å². The molecule has 6 heteroatoms. The first-order valence-corrected chi connectivity index (χ1v) is 9.24. The van der Waals surface area contributed by atoms with Gasteiger partial charge < -0.3 is 10.1 Å². The Kier molecular flexibility index (Phi) is 5.98. The van der Waals surface area contributed by atoms with E-state index in [2.05, 4.69) is 5.32 Å². The lowest BCUT2D eigenvalue weighted by atomic mass is 10.1. The van der Waals surface area contributed by atoms with E-state index in [9.17, 15) is 14.0 Å². The molecule has 0 unspecified atom stereocenters. The predicted octanol–water partition coefficient (Wildman–Crippen LogP) is 4.41. The molecule has 1 amide bonds. The minimum absolute atomic E-state index is 0.206. The molecule has 0 saturated carbocycles. The first-order valence-electron chi connectivity index (χ1n) is 8.36. The summed E-state index contributed by atoms with van der Waals surface area (Å²) in [6.45, 7) is 2.14. The predicted molar refractivity (Wildman–Crippen MR) is 102 cm³/mol. The summed E-state index contributed by atoms with van der Waals surface area (Å²) in [5.74, 6) is -1.33. The molecule has 0 aliphatic rings. The highest BCUT2D eigenvalue weighted by Crippen LogP contribution is 2.22. The molecule has 2 aromatic carbocycles. The normalized spacial score (nSPS) is 11.6. The molecule has 3 aromatic rings. The second-order valence-corrected chi connectivity index (χ2v) is 6.97. The number of amides is 1. The maximum absolute atomic E-state index is 13.0. The summed E-state index contributed by atoms with van der Waals surface area (Å²) in [5.41, 5.74) is 2.37. The van der Waals surface area contributed by atoms with Crippen LogP contribution in [0.15, 0.2) is 66.0 Å². The number of benzene rings is 2. The first kappa shape index (κ1) is 18.8. The van der Waals surface area contributed by atoms with Crippen molar-refractivity contribution in [2.24, 2.45) is 0 Å². The smallest absolute Gasteiger partial charge is 0.349 e.